The van der Waals surface area contributed by atoms with E-state index in [4.69, 9.17) is 21.4 Å². The Bertz CT molecular complexity index is 533. The second-order valence-electron chi connectivity index (χ2n) is 2.91. The Kier molecular flexibility index (Phi) is 2.54. The standard InChI is InChI=1S/C10H7ClO3S/c1-14-7-3-2-6(11)5-4-8(10(12)13)15-9(5)7/h2-4H,1H3,(H,12,13). The molecule has 1 heterocycles. The summed E-state index contributed by atoms with van der Waals surface area (Å²) in [5.41, 5.74) is 0. The molecule has 1 aromatic carbocycles. The average Bonchev–Trinajstić information content (AvgIpc) is 2.64. The first-order valence-corrected chi connectivity index (χ1v) is 5.32. The largest absolute Gasteiger partial charge is 0.495 e. The predicted octanol–water partition coefficient (Wildman–Crippen LogP) is 3.26. The number of hydrogen-bond donors (Lipinski definition) is 1. The van der Waals surface area contributed by atoms with Gasteiger partial charge in [-0.2, -0.15) is 0 Å². The number of hydrogen-bond acceptors (Lipinski definition) is 3. The van der Waals surface area contributed by atoms with E-state index in [0.717, 1.165) is 21.4 Å². The van der Waals surface area contributed by atoms with Crippen molar-refractivity contribution in [3.63, 3.8) is 0 Å². The summed E-state index contributed by atoms with van der Waals surface area (Å²) in [6, 6.07) is 4.99. The van der Waals surface area contributed by atoms with Crippen LogP contribution in [-0.4, -0.2) is 18.2 Å². The molecule has 0 unspecified atom stereocenters. The molecule has 78 valence electrons. The summed E-state index contributed by atoms with van der Waals surface area (Å²) in [4.78, 5) is 11.1. The minimum atomic E-state index is -0.950. The molecule has 5 heteroatoms. The van der Waals surface area contributed by atoms with E-state index < -0.39 is 5.97 Å². The molecule has 0 saturated heterocycles. The topological polar surface area (TPSA) is 46.5 Å². The van der Waals surface area contributed by atoms with Crippen molar-refractivity contribution in [3.05, 3.63) is 28.1 Å². The predicted molar refractivity (Wildman–Crippen MR) is 60.3 cm³/mol. The third kappa shape index (κ3) is 1.66. The molecule has 0 radical (unpaired) electrons. The van der Waals surface area contributed by atoms with E-state index >= 15 is 0 Å². The number of rotatable bonds is 2. The van der Waals surface area contributed by atoms with Crippen LogP contribution in [0.5, 0.6) is 5.75 Å². The number of fused-ring (bicyclic) bond motifs is 1. The second-order valence-corrected chi connectivity index (χ2v) is 4.37. The number of carbonyl (C=O) groups is 1. The summed E-state index contributed by atoms with van der Waals surface area (Å²) in [6.07, 6.45) is 0. The smallest absolute Gasteiger partial charge is 0.345 e. The van der Waals surface area contributed by atoms with Crippen LogP contribution in [0.15, 0.2) is 18.2 Å². The van der Waals surface area contributed by atoms with Crippen molar-refractivity contribution in [2.24, 2.45) is 0 Å². The fraction of sp³-hybridized carbons (Fsp3) is 0.100. The van der Waals surface area contributed by atoms with Crippen molar-refractivity contribution in [3.8, 4) is 5.75 Å². The quantitative estimate of drug-likeness (QED) is 0.879. The van der Waals surface area contributed by atoms with Gasteiger partial charge in [0.2, 0.25) is 0 Å². The zero-order valence-electron chi connectivity index (χ0n) is 7.78. The molecule has 2 aromatic rings. The Labute approximate surface area is 94.9 Å². The molecule has 0 fully saturated rings. The van der Waals surface area contributed by atoms with Crippen LogP contribution >= 0.6 is 22.9 Å². The maximum atomic E-state index is 10.8. The highest BCUT2D eigenvalue weighted by Gasteiger charge is 2.13. The summed E-state index contributed by atoms with van der Waals surface area (Å²) in [5, 5.41) is 10.1. The molecule has 0 saturated carbocycles. The van der Waals surface area contributed by atoms with Gasteiger partial charge in [-0.1, -0.05) is 11.6 Å². The summed E-state index contributed by atoms with van der Waals surface area (Å²) < 4.78 is 5.90. The lowest BCUT2D eigenvalue weighted by Crippen LogP contribution is -1.89. The summed E-state index contributed by atoms with van der Waals surface area (Å²) >= 11 is 7.12. The molecule has 0 aliphatic carbocycles. The number of carboxylic acid groups (broad SMARTS) is 1. The molecular formula is C10H7ClO3S. The number of aromatic carboxylic acids is 1. The summed E-state index contributed by atoms with van der Waals surface area (Å²) in [7, 11) is 1.54. The van der Waals surface area contributed by atoms with Gasteiger partial charge < -0.3 is 9.84 Å². The Balaban J connectivity index is 2.77. The van der Waals surface area contributed by atoms with Gasteiger partial charge in [-0.3, -0.25) is 0 Å². The number of benzene rings is 1. The van der Waals surface area contributed by atoms with Gasteiger partial charge in [-0.25, -0.2) is 4.79 Å². The molecule has 0 atom stereocenters. The third-order valence-corrected chi connectivity index (χ3v) is 3.49. The van der Waals surface area contributed by atoms with E-state index in [1.54, 1.807) is 25.3 Å². The van der Waals surface area contributed by atoms with Crippen LogP contribution in [-0.2, 0) is 0 Å². The van der Waals surface area contributed by atoms with Crippen molar-refractivity contribution in [2.75, 3.05) is 7.11 Å². The minimum absolute atomic E-state index is 0.261. The van der Waals surface area contributed by atoms with E-state index in [0.29, 0.717) is 10.8 Å². The lowest BCUT2D eigenvalue weighted by molar-refractivity contribution is 0.0702. The lowest BCUT2D eigenvalue weighted by atomic mass is 10.2. The Morgan fingerprint density at radius 1 is 1.53 bits per heavy atom. The molecule has 0 aliphatic heterocycles. The fourth-order valence-corrected chi connectivity index (χ4v) is 2.61. The summed E-state index contributed by atoms with van der Waals surface area (Å²) in [6.45, 7) is 0. The van der Waals surface area contributed by atoms with Gasteiger partial charge in [-0.05, 0) is 18.2 Å². The zero-order valence-corrected chi connectivity index (χ0v) is 9.35. The van der Waals surface area contributed by atoms with Crippen LogP contribution in [0, 0.1) is 0 Å². The van der Waals surface area contributed by atoms with E-state index in [1.165, 1.54) is 0 Å². The van der Waals surface area contributed by atoms with Crippen molar-refractivity contribution in [2.45, 2.75) is 0 Å². The minimum Gasteiger partial charge on any atom is -0.495 e. The molecular weight excluding hydrogens is 236 g/mol. The van der Waals surface area contributed by atoms with Crippen LogP contribution in [0.25, 0.3) is 10.1 Å². The van der Waals surface area contributed by atoms with Gasteiger partial charge >= 0.3 is 5.97 Å². The molecule has 0 spiro atoms. The monoisotopic (exact) mass is 242 g/mol. The highest BCUT2D eigenvalue weighted by Crippen LogP contribution is 2.37. The van der Waals surface area contributed by atoms with Gasteiger partial charge in [0.25, 0.3) is 0 Å². The highest BCUT2D eigenvalue weighted by molar-refractivity contribution is 7.21. The first-order valence-electron chi connectivity index (χ1n) is 4.13. The van der Waals surface area contributed by atoms with E-state index in [9.17, 15) is 4.79 Å². The molecule has 0 aliphatic rings. The molecule has 2 rings (SSSR count). The lowest BCUT2D eigenvalue weighted by Gasteiger charge is -2.01. The SMILES string of the molecule is COc1ccc(Cl)c2cc(C(=O)O)sc12. The van der Waals surface area contributed by atoms with Gasteiger partial charge in [-0.15, -0.1) is 11.3 Å². The van der Waals surface area contributed by atoms with Gasteiger partial charge in [0, 0.05) is 10.4 Å². The van der Waals surface area contributed by atoms with Crippen LogP contribution in [0.3, 0.4) is 0 Å². The van der Waals surface area contributed by atoms with Gasteiger partial charge in [0.15, 0.2) is 0 Å². The molecule has 0 amide bonds. The third-order valence-electron chi connectivity index (χ3n) is 2.02. The Hall–Kier alpha value is -1.26. The molecule has 3 nitrogen and oxygen atoms in total. The summed E-state index contributed by atoms with van der Waals surface area (Å²) in [5.74, 6) is -0.304. The number of ether oxygens (including phenoxy) is 1. The fourth-order valence-electron chi connectivity index (χ4n) is 1.33. The van der Waals surface area contributed by atoms with Crippen molar-refractivity contribution >= 4 is 39.0 Å². The first-order chi connectivity index (χ1) is 7.13. The highest BCUT2D eigenvalue weighted by atomic mass is 35.5. The maximum Gasteiger partial charge on any atom is 0.345 e. The van der Waals surface area contributed by atoms with Crippen LogP contribution < -0.4 is 4.74 Å². The maximum absolute atomic E-state index is 10.8. The van der Waals surface area contributed by atoms with E-state index in [2.05, 4.69) is 0 Å². The van der Waals surface area contributed by atoms with Crippen molar-refractivity contribution in [1.29, 1.82) is 0 Å². The number of methoxy groups -OCH3 is 1. The number of halogens is 1. The zero-order chi connectivity index (χ0) is 11.0. The molecule has 1 N–H and O–H groups in total. The van der Waals surface area contributed by atoms with Crippen LogP contribution in [0.2, 0.25) is 5.02 Å². The van der Waals surface area contributed by atoms with E-state index in [-0.39, 0.29) is 4.88 Å². The van der Waals surface area contributed by atoms with Crippen LogP contribution in [0.1, 0.15) is 9.67 Å². The molecule has 0 bridgehead atoms. The Morgan fingerprint density at radius 3 is 2.87 bits per heavy atom. The number of thiophene rings is 1. The van der Waals surface area contributed by atoms with Crippen molar-refractivity contribution < 1.29 is 14.6 Å². The van der Waals surface area contributed by atoms with Gasteiger partial charge in [0.05, 0.1) is 11.8 Å². The molecule has 1 aromatic heterocycles. The first kappa shape index (κ1) is 10.3. The van der Waals surface area contributed by atoms with E-state index in [1.807, 2.05) is 0 Å². The Morgan fingerprint density at radius 2 is 2.27 bits per heavy atom. The second kappa shape index (κ2) is 3.72. The molecule has 15 heavy (non-hydrogen) atoms. The van der Waals surface area contributed by atoms with Crippen LogP contribution in [0.4, 0.5) is 0 Å². The average molecular weight is 243 g/mol. The van der Waals surface area contributed by atoms with Gasteiger partial charge in [0.1, 0.15) is 10.6 Å². The normalized spacial score (nSPS) is 10.5. The van der Waals surface area contributed by atoms with Crippen molar-refractivity contribution in [1.82, 2.24) is 0 Å². The number of carboxylic acids is 1.